The Morgan fingerprint density at radius 3 is 1.57 bits per heavy atom. The zero-order valence-electron chi connectivity index (χ0n) is 15.8. The molecule has 23 heavy (non-hydrogen) atoms. The third kappa shape index (κ3) is 5.17. The molecule has 0 spiro atoms. The van der Waals surface area contributed by atoms with Crippen LogP contribution in [-0.2, 0) is 24.3 Å². The predicted molar refractivity (Wildman–Crippen MR) is 89.4 cm³/mol. The molecule has 0 saturated carbocycles. The lowest BCUT2D eigenvalue weighted by molar-refractivity contribution is -0.172. The quantitative estimate of drug-likeness (QED) is 0.697. The van der Waals surface area contributed by atoms with Crippen LogP contribution in [0.2, 0.25) is 0 Å². The first-order chi connectivity index (χ1) is 9.85. The van der Waals surface area contributed by atoms with Gasteiger partial charge in [0, 0.05) is 14.1 Å². The molecule has 0 heterocycles. The van der Waals surface area contributed by atoms with Crippen LogP contribution in [-0.4, -0.2) is 66.5 Å². The van der Waals surface area contributed by atoms with Gasteiger partial charge < -0.3 is 9.64 Å². The number of carbonyl (C=O) groups excluding carboxylic acids is 2. The van der Waals surface area contributed by atoms with Gasteiger partial charge >= 0.3 is 5.97 Å². The highest BCUT2D eigenvalue weighted by Gasteiger charge is 2.46. The van der Waals surface area contributed by atoms with Gasteiger partial charge in [-0.3, -0.25) is 4.79 Å². The van der Waals surface area contributed by atoms with Gasteiger partial charge in [-0.15, -0.1) is 0 Å². The Hall–Kier alpha value is -1.15. The summed E-state index contributed by atoms with van der Waals surface area (Å²) in [4.78, 5) is 26.4. The van der Waals surface area contributed by atoms with E-state index in [1.165, 1.54) is 32.8 Å². The summed E-state index contributed by atoms with van der Waals surface area (Å²) in [5, 5.41) is 0. The van der Waals surface area contributed by atoms with E-state index in [1.54, 1.807) is 34.6 Å². The van der Waals surface area contributed by atoms with Crippen molar-refractivity contribution in [3.63, 3.8) is 0 Å². The monoisotopic (exact) mass is 350 g/mol. The smallest absolute Gasteiger partial charge is 0.331 e. The molecule has 0 aliphatic rings. The van der Waals surface area contributed by atoms with E-state index in [-0.39, 0.29) is 0 Å². The molecule has 0 atom stereocenters. The van der Waals surface area contributed by atoms with Crippen LogP contribution in [0.3, 0.4) is 0 Å². The molecule has 0 aliphatic heterocycles. The molecule has 0 aromatic heterocycles. The van der Waals surface area contributed by atoms with E-state index in [1.807, 2.05) is 0 Å². The average molecular weight is 350 g/mol. The van der Waals surface area contributed by atoms with Crippen molar-refractivity contribution in [2.45, 2.75) is 65.1 Å². The third-order valence-corrected chi connectivity index (χ3v) is 5.30. The number of amides is 1. The SMILES string of the molecule is CN(C(=O)C(C)(C)N(C)S(C)(=O)=O)C(C)(C)C(=O)OC(C)(C)C. The molecular weight excluding hydrogens is 320 g/mol. The van der Waals surface area contributed by atoms with Gasteiger partial charge in [-0.25, -0.2) is 13.2 Å². The second-order valence-electron chi connectivity index (χ2n) is 7.71. The molecule has 0 saturated heterocycles. The number of sulfonamides is 1. The van der Waals surface area contributed by atoms with Crippen LogP contribution < -0.4 is 0 Å². The highest BCUT2D eigenvalue weighted by atomic mass is 32.2. The van der Waals surface area contributed by atoms with Gasteiger partial charge in [0.25, 0.3) is 0 Å². The minimum absolute atomic E-state index is 0.499. The van der Waals surface area contributed by atoms with E-state index >= 15 is 0 Å². The highest BCUT2D eigenvalue weighted by Crippen LogP contribution is 2.25. The van der Waals surface area contributed by atoms with E-state index in [9.17, 15) is 18.0 Å². The van der Waals surface area contributed by atoms with Gasteiger partial charge in [0.05, 0.1) is 6.26 Å². The van der Waals surface area contributed by atoms with E-state index in [2.05, 4.69) is 0 Å². The summed E-state index contributed by atoms with van der Waals surface area (Å²) in [5.41, 5.74) is -3.25. The van der Waals surface area contributed by atoms with Crippen molar-refractivity contribution in [3.8, 4) is 0 Å². The first-order valence-corrected chi connectivity index (χ1v) is 9.15. The Kier molecular flexibility index (Phi) is 6.07. The molecule has 0 fully saturated rings. The fourth-order valence-electron chi connectivity index (χ4n) is 1.75. The number of hydrogen-bond donors (Lipinski definition) is 0. The lowest BCUT2D eigenvalue weighted by Crippen LogP contribution is -2.62. The molecular formula is C15H30N2O5S. The maximum Gasteiger partial charge on any atom is 0.331 e. The van der Waals surface area contributed by atoms with E-state index < -0.39 is 38.6 Å². The number of carbonyl (C=O) groups is 2. The molecule has 0 radical (unpaired) electrons. The van der Waals surface area contributed by atoms with Gasteiger partial charge in [-0.05, 0) is 48.5 Å². The Morgan fingerprint density at radius 2 is 1.26 bits per heavy atom. The Balaban J connectivity index is 5.55. The lowest BCUT2D eigenvalue weighted by atomic mass is 9.97. The van der Waals surface area contributed by atoms with Gasteiger partial charge in [0.2, 0.25) is 15.9 Å². The Labute approximate surface area is 140 Å². The summed E-state index contributed by atoms with van der Waals surface area (Å²) < 4.78 is 29.8. The van der Waals surface area contributed by atoms with Crippen molar-refractivity contribution >= 4 is 21.9 Å². The molecule has 0 rings (SSSR count). The van der Waals surface area contributed by atoms with Crippen LogP contribution in [0.1, 0.15) is 48.5 Å². The Bertz CT molecular complexity index is 573. The van der Waals surface area contributed by atoms with Crippen LogP contribution in [0.25, 0.3) is 0 Å². The lowest BCUT2D eigenvalue weighted by Gasteiger charge is -2.41. The summed E-state index contributed by atoms with van der Waals surface area (Å²) >= 11 is 0. The number of esters is 1. The summed E-state index contributed by atoms with van der Waals surface area (Å²) in [7, 11) is -0.767. The predicted octanol–water partition coefficient (Wildman–Crippen LogP) is 1.24. The molecule has 8 heteroatoms. The zero-order chi connectivity index (χ0) is 19.0. The first-order valence-electron chi connectivity index (χ1n) is 7.31. The number of likely N-dealkylation sites (N-methyl/N-ethyl adjacent to an activating group) is 2. The van der Waals surface area contributed by atoms with Gasteiger partial charge in [0.15, 0.2) is 0 Å². The van der Waals surface area contributed by atoms with Crippen molar-refractivity contribution in [1.82, 2.24) is 9.21 Å². The molecule has 0 aromatic carbocycles. The Morgan fingerprint density at radius 1 is 0.870 bits per heavy atom. The first kappa shape index (κ1) is 21.9. The molecule has 0 bridgehead atoms. The van der Waals surface area contributed by atoms with Crippen LogP contribution in [0.4, 0.5) is 0 Å². The van der Waals surface area contributed by atoms with Crippen LogP contribution in [0.15, 0.2) is 0 Å². The van der Waals surface area contributed by atoms with Gasteiger partial charge in [0.1, 0.15) is 16.7 Å². The van der Waals surface area contributed by atoms with Crippen LogP contribution in [0, 0.1) is 0 Å². The number of ether oxygens (including phenoxy) is 1. The van der Waals surface area contributed by atoms with Gasteiger partial charge in [-0.2, -0.15) is 4.31 Å². The highest BCUT2D eigenvalue weighted by molar-refractivity contribution is 7.88. The largest absolute Gasteiger partial charge is 0.458 e. The summed E-state index contributed by atoms with van der Waals surface area (Å²) in [6.45, 7) is 11.3. The van der Waals surface area contributed by atoms with E-state index in [0.29, 0.717) is 0 Å². The standard InChI is InChI=1S/C15H30N2O5S/c1-13(2,3)22-12(19)15(6,7)16(8)11(18)14(4,5)17(9)23(10,20)21/h1-10H3. The van der Waals surface area contributed by atoms with Crippen molar-refractivity contribution in [2.24, 2.45) is 0 Å². The van der Waals surface area contributed by atoms with E-state index in [4.69, 9.17) is 4.74 Å². The normalized spacial score (nSPS) is 13.9. The van der Waals surface area contributed by atoms with Gasteiger partial charge in [-0.1, -0.05) is 0 Å². The number of hydrogen-bond acceptors (Lipinski definition) is 5. The van der Waals surface area contributed by atoms with Crippen molar-refractivity contribution in [3.05, 3.63) is 0 Å². The summed E-state index contributed by atoms with van der Waals surface area (Å²) in [6.07, 6.45) is 1.03. The second-order valence-corrected chi connectivity index (χ2v) is 9.73. The molecule has 0 aliphatic carbocycles. The number of nitrogens with zero attached hydrogens (tertiary/aromatic N) is 2. The average Bonchev–Trinajstić information content (AvgIpc) is 2.32. The van der Waals surface area contributed by atoms with Crippen molar-refractivity contribution in [1.29, 1.82) is 0 Å². The van der Waals surface area contributed by atoms with Crippen LogP contribution in [0.5, 0.6) is 0 Å². The number of rotatable bonds is 5. The molecule has 136 valence electrons. The fourth-order valence-corrected chi connectivity index (χ4v) is 2.66. The molecule has 0 unspecified atom stereocenters. The zero-order valence-corrected chi connectivity index (χ0v) is 16.7. The van der Waals surface area contributed by atoms with E-state index in [0.717, 1.165) is 10.6 Å². The van der Waals surface area contributed by atoms with Crippen LogP contribution >= 0.6 is 0 Å². The maximum absolute atomic E-state index is 12.8. The molecule has 7 nitrogen and oxygen atoms in total. The van der Waals surface area contributed by atoms with Crippen molar-refractivity contribution in [2.75, 3.05) is 20.4 Å². The minimum atomic E-state index is -3.56. The third-order valence-electron chi connectivity index (χ3n) is 3.85. The topological polar surface area (TPSA) is 84.0 Å². The van der Waals surface area contributed by atoms with Crippen molar-refractivity contribution < 1.29 is 22.7 Å². The molecule has 0 N–H and O–H groups in total. The maximum atomic E-state index is 12.8. The molecule has 0 aromatic rings. The molecule has 1 amide bonds. The second kappa shape index (κ2) is 6.39. The fraction of sp³-hybridized carbons (Fsp3) is 0.867. The summed E-state index contributed by atoms with van der Waals surface area (Å²) in [6, 6.07) is 0. The summed E-state index contributed by atoms with van der Waals surface area (Å²) in [5.74, 6) is -1.06. The minimum Gasteiger partial charge on any atom is -0.458 e.